The molecule has 0 aliphatic heterocycles. The molecule has 1 rings (SSSR count). The van der Waals surface area contributed by atoms with Crippen LogP contribution in [0.25, 0.3) is 0 Å². The molecule has 0 spiro atoms. The molecule has 1 atom stereocenters. The predicted octanol–water partition coefficient (Wildman–Crippen LogP) is 1.17. The van der Waals surface area contributed by atoms with Crippen molar-refractivity contribution in [3.63, 3.8) is 0 Å². The third-order valence-electron chi connectivity index (χ3n) is 2.62. The minimum atomic E-state index is -0.469. The maximum absolute atomic E-state index is 11.9. The number of hydrogen-bond donors (Lipinski definition) is 2. The second-order valence-corrected chi connectivity index (χ2v) is 5.98. The molecule has 0 aromatic carbocycles. The highest BCUT2D eigenvalue weighted by atomic mass is 32.1. The number of nitrogens with zero attached hydrogens (tertiary/aromatic N) is 1. The summed E-state index contributed by atoms with van der Waals surface area (Å²) in [4.78, 5) is 17.3. The van der Waals surface area contributed by atoms with Crippen molar-refractivity contribution in [2.45, 2.75) is 38.8 Å². The van der Waals surface area contributed by atoms with Crippen LogP contribution < -0.4 is 11.1 Å². The van der Waals surface area contributed by atoms with Crippen molar-refractivity contribution < 1.29 is 9.53 Å². The number of ether oxygens (including phenoxy) is 1. The predicted molar refractivity (Wildman–Crippen MR) is 72.5 cm³/mol. The van der Waals surface area contributed by atoms with Gasteiger partial charge in [-0.15, -0.1) is 11.3 Å². The third kappa shape index (κ3) is 4.04. The van der Waals surface area contributed by atoms with E-state index in [1.165, 1.54) is 0 Å². The Morgan fingerprint density at radius 1 is 1.67 bits per heavy atom. The number of carbonyl (C=O) groups is 1. The van der Waals surface area contributed by atoms with Gasteiger partial charge >= 0.3 is 0 Å². The van der Waals surface area contributed by atoms with Gasteiger partial charge in [-0.1, -0.05) is 0 Å². The summed E-state index contributed by atoms with van der Waals surface area (Å²) in [6.07, 6.45) is 1.84. The smallest absolute Gasteiger partial charge is 0.223 e. The number of hydrogen-bond acceptors (Lipinski definition) is 5. The lowest BCUT2D eigenvalue weighted by Crippen LogP contribution is -2.43. The fourth-order valence-electron chi connectivity index (χ4n) is 1.57. The highest BCUT2D eigenvalue weighted by Crippen LogP contribution is 2.24. The molecule has 3 N–H and O–H groups in total. The zero-order chi connectivity index (χ0) is 13.8. The van der Waals surface area contributed by atoms with Crippen molar-refractivity contribution in [3.8, 4) is 0 Å². The van der Waals surface area contributed by atoms with Crippen LogP contribution in [0.4, 0.5) is 0 Å². The van der Waals surface area contributed by atoms with E-state index in [-0.39, 0.29) is 18.4 Å². The maximum Gasteiger partial charge on any atom is 0.223 e. The summed E-state index contributed by atoms with van der Waals surface area (Å²) in [5.74, 6) is -0.0786. The Morgan fingerprint density at radius 3 is 2.78 bits per heavy atom. The first-order valence-corrected chi connectivity index (χ1v) is 6.67. The Bertz CT molecular complexity index is 400. The van der Waals surface area contributed by atoms with Gasteiger partial charge in [0.2, 0.25) is 5.91 Å². The van der Waals surface area contributed by atoms with Crippen LogP contribution in [0.2, 0.25) is 0 Å². The number of nitrogens with two attached hydrogens (primary N) is 1. The van der Waals surface area contributed by atoms with Crippen LogP contribution in [0.1, 0.15) is 30.2 Å². The topological polar surface area (TPSA) is 77.2 Å². The molecular formula is C12H21N3O2S. The van der Waals surface area contributed by atoms with Crippen LogP contribution >= 0.6 is 11.3 Å². The van der Waals surface area contributed by atoms with Crippen LogP contribution in [0.15, 0.2) is 6.20 Å². The molecule has 1 amide bonds. The first-order valence-electron chi connectivity index (χ1n) is 5.86. The lowest BCUT2D eigenvalue weighted by molar-refractivity contribution is -0.125. The summed E-state index contributed by atoms with van der Waals surface area (Å²) >= 11 is 1.59. The largest absolute Gasteiger partial charge is 0.380 e. The van der Waals surface area contributed by atoms with Crippen LogP contribution in [0.5, 0.6) is 0 Å². The zero-order valence-electron chi connectivity index (χ0n) is 11.3. The minimum absolute atomic E-state index is 0.0786. The second kappa shape index (κ2) is 6.26. The monoisotopic (exact) mass is 271 g/mol. The Hall–Kier alpha value is -0.980. The van der Waals surface area contributed by atoms with Crippen molar-refractivity contribution in [2.24, 2.45) is 5.73 Å². The molecule has 6 heteroatoms. The Labute approximate surface area is 112 Å². The fraction of sp³-hybridized carbons (Fsp3) is 0.667. The van der Waals surface area contributed by atoms with Crippen LogP contribution in [0.3, 0.4) is 0 Å². The van der Waals surface area contributed by atoms with Gasteiger partial charge in [0.05, 0.1) is 18.1 Å². The van der Waals surface area contributed by atoms with Gasteiger partial charge in [0.1, 0.15) is 5.01 Å². The van der Waals surface area contributed by atoms with Gasteiger partial charge in [-0.05, 0) is 20.8 Å². The van der Waals surface area contributed by atoms with E-state index in [1.54, 1.807) is 18.4 Å². The van der Waals surface area contributed by atoms with E-state index < -0.39 is 5.54 Å². The highest BCUT2D eigenvalue weighted by Gasteiger charge is 2.26. The fourth-order valence-corrected chi connectivity index (χ4v) is 2.39. The first kappa shape index (κ1) is 15.1. The first-order chi connectivity index (χ1) is 8.39. The molecule has 102 valence electrons. The summed E-state index contributed by atoms with van der Waals surface area (Å²) in [5.41, 5.74) is 5.03. The maximum atomic E-state index is 11.9. The number of nitrogens with one attached hydrogen (secondary N) is 1. The molecule has 1 aromatic heterocycles. The van der Waals surface area contributed by atoms with Crippen LogP contribution in [-0.4, -0.2) is 30.6 Å². The van der Waals surface area contributed by atoms with Gasteiger partial charge in [-0.2, -0.15) is 0 Å². The van der Waals surface area contributed by atoms with E-state index in [4.69, 9.17) is 10.5 Å². The number of methoxy groups -OCH3 is 1. The highest BCUT2D eigenvalue weighted by molar-refractivity contribution is 7.11. The van der Waals surface area contributed by atoms with Crippen molar-refractivity contribution in [3.05, 3.63) is 16.1 Å². The lowest BCUT2D eigenvalue weighted by atomic mass is 10.1. The molecule has 0 aliphatic carbocycles. The molecule has 1 heterocycles. The van der Waals surface area contributed by atoms with Gasteiger partial charge in [-0.25, -0.2) is 4.98 Å². The number of rotatable bonds is 6. The van der Waals surface area contributed by atoms with Crippen molar-refractivity contribution in [2.75, 3.05) is 13.7 Å². The molecule has 5 nitrogen and oxygen atoms in total. The summed E-state index contributed by atoms with van der Waals surface area (Å²) < 4.78 is 5.10. The van der Waals surface area contributed by atoms with E-state index in [2.05, 4.69) is 10.3 Å². The lowest BCUT2D eigenvalue weighted by Gasteiger charge is -2.25. The molecule has 18 heavy (non-hydrogen) atoms. The van der Waals surface area contributed by atoms with Gasteiger partial charge in [0.25, 0.3) is 0 Å². The number of aromatic nitrogens is 1. The number of carbonyl (C=O) groups excluding carboxylic acids is 1. The Kier molecular flexibility index (Phi) is 5.25. The van der Waals surface area contributed by atoms with E-state index in [0.29, 0.717) is 6.54 Å². The normalized spacial score (nSPS) is 13.4. The summed E-state index contributed by atoms with van der Waals surface area (Å²) in [5, 5.41) is 3.86. The van der Waals surface area contributed by atoms with Crippen molar-refractivity contribution >= 4 is 17.2 Å². The van der Waals surface area contributed by atoms with Gasteiger partial charge in [0.15, 0.2) is 0 Å². The summed E-state index contributed by atoms with van der Waals surface area (Å²) in [7, 11) is 1.56. The molecule has 0 saturated carbocycles. The third-order valence-corrected chi connectivity index (χ3v) is 3.85. The molecule has 0 radical (unpaired) electrons. The van der Waals surface area contributed by atoms with Gasteiger partial charge in [0, 0.05) is 24.7 Å². The van der Waals surface area contributed by atoms with Gasteiger partial charge in [-0.3, -0.25) is 4.79 Å². The Balaban J connectivity index is 2.62. The van der Waals surface area contributed by atoms with Crippen LogP contribution in [-0.2, 0) is 15.1 Å². The average Bonchev–Trinajstić information content (AvgIpc) is 2.73. The molecule has 0 saturated heterocycles. The van der Waals surface area contributed by atoms with E-state index in [0.717, 1.165) is 9.88 Å². The number of amides is 1. The second-order valence-electron chi connectivity index (χ2n) is 4.75. The SMILES string of the molecule is COC(CN)CC(=O)NC(C)(C)c1ncc(C)s1. The van der Waals surface area contributed by atoms with Crippen LogP contribution in [0, 0.1) is 6.92 Å². The average molecular weight is 271 g/mol. The zero-order valence-corrected chi connectivity index (χ0v) is 12.1. The van der Waals surface area contributed by atoms with E-state index >= 15 is 0 Å². The summed E-state index contributed by atoms with van der Waals surface area (Å²) in [6, 6.07) is 0. The molecule has 0 bridgehead atoms. The standard InChI is InChI=1S/C12H21N3O2S/c1-8-7-14-11(18-8)12(2,3)15-10(16)5-9(6-13)17-4/h7,9H,5-6,13H2,1-4H3,(H,15,16). The minimum Gasteiger partial charge on any atom is -0.380 e. The quantitative estimate of drug-likeness (QED) is 0.814. The molecule has 1 aromatic rings. The number of thiazole rings is 1. The molecular weight excluding hydrogens is 250 g/mol. The molecule has 0 fully saturated rings. The Morgan fingerprint density at radius 2 is 2.33 bits per heavy atom. The van der Waals surface area contributed by atoms with Crippen molar-refractivity contribution in [1.82, 2.24) is 10.3 Å². The van der Waals surface area contributed by atoms with Crippen molar-refractivity contribution in [1.29, 1.82) is 0 Å². The number of aryl methyl sites for hydroxylation is 1. The van der Waals surface area contributed by atoms with E-state index in [9.17, 15) is 4.79 Å². The molecule has 1 unspecified atom stereocenters. The molecule has 0 aliphatic rings. The van der Waals surface area contributed by atoms with Gasteiger partial charge < -0.3 is 15.8 Å². The summed E-state index contributed by atoms with van der Waals surface area (Å²) in [6.45, 7) is 6.20. The van der Waals surface area contributed by atoms with E-state index in [1.807, 2.05) is 27.0 Å².